The second kappa shape index (κ2) is 7.53. The lowest BCUT2D eigenvalue weighted by atomic mass is 9.67. The number of hydrogen-bond donors (Lipinski definition) is 3. The highest BCUT2D eigenvalue weighted by Gasteiger charge is 2.45. The van der Waals surface area contributed by atoms with Gasteiger partial charge in [0.15, 0.2) is 0 Å². The molecule has 31 heavy (non-hydrogen) atoms. The van der Waals surface area contributed by atoms with Gasteiger partial charge in [0, 0.05) is 32.1 Å². The molecule has 3 heterocycles. The van der Waals surface area contributed by atoms with Gasteiger partial charge in [-0.3, -0.25) is 29.4 Å². The van der Waals surface area contributed by atoms with E-state index in [0.29, 0.717) is 17.7 Å². The van der Waals surface area contributed by atoms with E-state index in [2.05, 4.69) is 43.6 Å². The molecule has 0 radical (unpaired) electrons. The Bertz CT molecular complexity index is 952. The molecule has 1 unspecified atom stereocenters. The standard InChI is InChI=1S/C23H30N4O4/c1-22(2)11-24-12-23(3,4)21(22)25-10-13-5-6-14-15(9-13)20(31)27(19(14)30)16-7-8-17(28)26-18(16)29/h5-6,9,16,21,24-25H,7-8,10-12H2,1-4H3,(H,26,28,29). The normalized spacial score (nSPS) is 25.5. The Morgan fingerprint density at radius 2 is 1.65 bits per heavy atom. The number of amides is 4. The van der Waals surface area contributed by atoms with Crippen LogP contribution in [0.15, 0.2) is 18.2 Å². The number of nitrogens with one attached hydrogen (secondary N) is 3. The smallest absolute Gasteiger partial charge is 0.262 e. The fourth-order valence-electron chi connectivity index (χ4n) is 5.37. The summed E-state index contributed by atoms with van der Waals surface area (Å²) in [5, 5.41) is 9.39. The van der Waals surface area contributed by atoms with Crippen LogP contribution in [0.5, 0.6) is 0 Å². The van der Waals surface area contributed by atoms with Crippen LogP contribution in [-0.2, 0) is 16.1 Å². The van der Waals surface area contributed by atoms with Crippen molar-refractivity contribution in [2.24, 2.45) is 10.8 Å². The van der Waals surface area contributed by atoms with Crippen LogP contribution in [0.1, 0.15) is 66.8 Å². The first-order chi connectivity index (χ1) is 14.5. The monoisotopic (exact) mass is 426 g/mol. The van der Waals surface area contributed by atoms with Gasteiger partial charge in [0.2, 0.25) is 11.8 Å². The van der Waals surface area contributed by atoms with E-state index in [1.54, 1.807) is 12.1 Å². The molecule has 0 saturated carbocycles. The van der Waals surface area contributed by atoms with Crippen molar-refractivity contribution in [1.82, 2.24) is 20.9 Å². The van der Waals surface area contributed by atoms with E-state index in [1.807, 2.05) is 6.07 Å². The van der Waals surface area contributed by atoms with E-state index < -0.39 is 23.8 Å². The minimum atomic E-state index is -0.942. The molecule has 1 aromatic carbocycles. The summed E-state index contributed by atoms with van der Waals surface area (Å²) in [6, 6.07) is 4.59. The quantitative estimate of drug-likeness (QED) is 0.625. The highest BCUT2D eigenvalue weighted by Crippen LogP contribution is 2.37. The summed E-state index contributed by atoms with van der Waals surface area (Å²) >= 11 is 0. The third-order valence-corrected chi connectivity index (χ3v) is 6.74. The Morgan fingerprint density at radius 1 is 1.00 bits per heavy atom. The Balaban J connectivity index is 1.52. The van der Waals surface area contributed by atoms with Crippen molar-refractivity contribution in [1.29, 1.82) is 0 Å². The van der Waals surface area contributed by atoms with Crippen molar-refractivity contribution in [2.75, 3.05) is 13.1 Å². The summed E-state index contributed by atoms with van der Waals surface area (Å²) in [7, 11) is 0. The van der Waals surface area contributed by atoms with Crippen LogP contribution in [-0.4, -0.2) is 53.7 Å². The molecule has 0 bridgehead atoms. The molecule has 1 atom stereocenters. The van der Waals surface area contributed by atoms with Gasteiger partial charge in [-0.15, -0.1) is 0 Å². The van der Waals surface area contributed by atoms with E-state index in [0.717, 1.165) is 23.6 Å². The first kappa shape index (κ1) is 21.6. The number of piperidine rings is 2. The van der Waals surface area contributed by atoms with Gasteiger partial charge < -0.3 is 10.6 Å². The van der Waals surface area contributed by atoms with Gasteiger partial charge in [-0.1, -0.05) is 33.8 Å². The number of benzene rings is 1. The van der Waals surface area contributed by atoms with Gasteiger partial charge in [-0.2, -0.15) is 0 Å². The number of carbonyl (C=O) groups is 4. The van der Waals surface area contributed by atoms with E-state index in [1.165, 1.54) is 0 Å². The molecule has 3 N–H and O–H groups in total. The topological polar surface area (TPSA) is 108 Å². The van der Waals surface area contributed by atoms with E-state index in [-0.39, 0.29) is 35.6 Å². The number of imide groups is 2. The molecule has 0 aromatic heterocycles. The molecule has 0 spiro atoms. The Hall–Kier alpha value is -2.58. The van der Waals surface area contributed by atoms with Crippen molar-refractivity contribution < 1.29 is 19.2 Å². The van der Waals surface area contributed by atoms with Gasteiger partial charge in [-0.05, 0) is 34.9 Å². The molecule has 4 rings (SSSR count). The van der Waals surface area contributed by atoms with Crippen molar-refractivity contribution in [3.8, 4) is 0 Å². The molecule has 4 amide bonds. The number of carbonyl (C=O) groups excluding carboxylic acids is 4. The zero-order valence-electron chi connectivity index (χ0n) is 18.5. The number of fused-ring (bicyclic) bond motifs is 1. The van der Waals surface area contributed by atoms with E-state index >= 15 is 0 Å². The maximum Gasteiger partial charge on any atom is 0.262 e. The molecule has 166 valence electrons. The molecular formula is C23H30N4O4. The van der Waals surface area contributed by atoms with Gasteiger partial charge in [0.25, 0.3) is 11.8 Å². The second-order valence-corrected chi connectivity index (χ2v) is 10.2. The zero-order chi connectivity index (χ0) is 22.6. The predicted molar refractivity (Wildman–Crippen MR) is 114 cm³/mol. The van der Waals surface area contributed by atoms with Crippen molar-refractivity contribution in [3.05, 3.63) is 34.9 Å². The lowest BCUT2D eigenvalue weighted by Gasteiger charge is -2.50. The molecule has 1 aromatic rings. The second-order valence-electron chi connectivity index (χ2n) is 10.2. The van der Waals surface area contributed by atoms with Gasteiger partial charge in [0.1, 0.15) is 6.04 Å². The molecule has 3 aliphatic heterocycles. The van der Waals surface area contributed by atoms with Crippen LogP contribution in [0.4, 0.5) is 0 Å². The molecular weight excluding hydrogens is 396 g/mol. The molecule has 3 aliphatic rings. The Morgan fingerprint density at radius 3 is 2.29 bits per heavy atom. The summed E-state index contributed by atoms with van der Waals surface area (Å²) in [5.41, 5.74) is 1.66. The highest BCUT2D eigenvalue weighted by atomic mass is 16.2. The van der Waals surface area contributed by atoms with Crippen LogP contribution in [0.3, 0.4) is 0 Å². The van der Waals surface area contributed by atoms with Gasteiger partial charge in [-0.25, -0.2) is 0 Å². The zero-order valence-corrected chi connectivity index (χ0v) is 18.5. The molecule has 8 heteroatoms. The average molecular weight is 427 g/mol. The Labute approximate surface area is 182 Å². The molecule has 2 saturated heterocycles. The largest absolute Gasteiger partial charge is 0.316 e. The minimum Gasteiger partial charge on any atom is -0.316 e. The summed E-state index contributed by atoms with van der Waals surface area (Å²) in [5.74, 6) is -1.92. The SMILES string of the molecule is CC1(C)CNCC(C)(C)C1NCc1ccc2c(c1)C(=O)N(C1CCC(=O)NC1=O)C2=O. The number of rotatable bonds is 4. The lowest BCUT2D eigenvalue weighted by molar-refractivity contribution is -0.136. The molecule has 0 aliphatic carbocycles. The van der Waals surface area contributed by atoms with Crippen molar-refractivity contribution >= 4 is 23.6 Å². The first-order valence-electron chi connectivity index (χ1n) is 10.8. The number of hydrogen-bond acceptors (Lipinski definition) is 6. The van der Waals surface area contributed by atoms with Gasteiger partial charge >= 0.3 is 0 Å². The molecule has 8 nitrogen and oxygen atoms in total. The summed E-state index contributed by atoms with van der Waals surface area (Å²) in [4.78, 5) is 50.5. The fourth-order valence-corrected chi connectivity index (χ4v) is 5.37. The minimum absolute atomic E-state index is 0.0623. The highest BCUT2D eigenvalue weighted by molar-refractivity contribution is 6.23. The van der Waals surface area contributed by atoms with Crippen LogP contribution >= 0.6 is 0 Å². The van der Waals surface area contributed by atoms with Crippen LogP contribution in [0.2, 0.25) is 0 Å². The summed E-state index contributed by atoms with van der Waals surface area (Å²) < 4.78 is 0. The summed E-state index contributed by atoms with van der Waals surface area (Å²) in [6.45, 7) is 11.4. The lowest BCUT2D eigenvalue weighted by Crippen LogP contribution is -2.62. The fraction of sp³-hybridized carbons (Fsp3) is 0.565. The molecule has 2 fully saturated rings. The van der Waals surface area contributed by atoms with Crippen LogP contribution < -0.4 is 16.0 Å². The van der Waals surface area contributed by atoms with Crippen molar-refractivity contribution in [2.45, 2.75) is 59.2 Å². The third kappa shape index (κ3) is 3.78. The average Bonchev–Trinajstić information content (AvgIpc) is 2.91. The Kier molecular flexibility index (Phi) is 5.26. The third-order valence-electron chi connectivity index (χ3n) is 6.74. The van der Waals surface area contributed by atoms with E-state index in [9.17, 15) is 19.2 Å². The number of nitrogens with zero attached hydrogens (tertiary/aromatic N) is 1. The van der Waals surface area contributed by atoms with Gasteiger partial charge in [0.05, 0.1) is 11.1 Å². The summed E-state index contributed by atoms with van der Waals surface area (Å²) in [6.07, 6.45) is 0.269. The maximum atomic E-state index is 13.0. The predicted octanol–water partition coefficient (Wildman–Crippen LogP) is 1.20. The maximum absolute atomic E-state index is 13.0. The van der Waals surface area contributed by atoms with Crippen molar-refractivity contribution in [3.63, 3.8) is 0 Å². The van der Waals surface area contributed by atoms with Crippen LogP contribution in [0, 0.1) is 10.8 Å². The van der Waals surface area contributed by atoms with Crippen LogP contribution in [0.25, 0.3) is 0 Å². The van der Waals surface area contributed by atoms with E-state index in [4.69, 9.17) is 0 Å². The first-order valence-corrected chi connectivity index (χ1v) is 10.8.